The molecule has 0 bridgehead atoms. The van der Waals surface area contributed by atoms with Gasteiger partial charge in [-0.2, -0.15) is 0 Å². The summed E-state index contributed by atoms with van der Waals surface area (Å²) in [6.07, 6.45) is 0. The summed E-state index contributed by atoms with van der Waals surface area (Å²) < 4.78 is 0. The maximum atomic E-state index is 5.10. The molecule has 5 rings (SSSR count). The molecular formula is C24H19N. The van der Waals surface area contributed by atoms with E-state index in [0.29, 0.717) is 0 Å². The largest absolute Gasteiger partial charge is 0.247 e. The minimum absolute atomic E-state index is 0.0614. The van der Waals surface area contributed by atoms with Gasteiger partial charge in [-0.3, -0.25) is 0 Å². The molecule has 0 unspecified atom stereocenters. The zero-order valence-corrected chi connectivity index (χ0v) is 14.5. The van der Waals surface area contributed by atoms with Crippen LogP contribution in [0.1, 0.15) is 25.0 Å². The first kappa shape index (κ1) is 14.4. The van der Waals surface area contributed by atoms with E-state index in [2.05, 4.69) is 92.7 Å². The lowest BCUT2D eigenvalue weighted by atomic mass is 9.80. The molecule has 0 radical (unpaired) electrons. The third kappa shape index (κ3) is 1.93. The topological polar surface area (TPSA) is 12.9 Å². The van der Waals surface area contributed by atoms with Gasteiger partial charge in [-0.05, 0) is 28.3 Å². The van der Waals surface area contributed by atoms with Crippen LogP contribution in [0.3, 0.4) is 0 Å². The lowest BCUT2D eigenvalue weighted by molar-refractivity contribution is 0.660. The SMILES string of the molecule is CC1(C)c2ccccc2-c2c1c(-c1ccccc1)nc1ccccc21. The van der Waals surface area contributed by atoms with Crippen LogP contribution in [0.25, 0.3) is 33.3 Å². The summed E-state index contributed by atoms with van der Waals surface area (Å²) in [7, 11) is 0. The van der Waals surface area contributed by atoms with Gasteiger partial charge in [-0.25, -0.2) is 4.98 Å². The van der Waals surface area contributed by atoms with Crippen LogP contribution in [0.15, 0.2) is 78.9 Å². The summed E-state index contributed by atoms with van der Waals surface area (Å²) >= 11 is 0. The Labute approximate surface area is 148 Å². The highest BCUT2D eigenvalue weighted by Gasteiger charge is 2.39. The summed E-state index contributed by atoms with van der Waals surface area (Å²) in [6.45, 7) is 4.64. The summed E-state index contributed by atoms with van der Waals surface area (Å²) in [6, 6.07) is 27.9. The Morgan fingerprint density at radius 2 is 1.40 bits per heavy atom. The second-order valence-corrected chi connectivity index (χ2v) is 7.26. The number of para-hydroxylation sites is 1. The average molecular weight is 321 g/mol. The molecule has 120 valence electrons. The number of rotatable bonds is 1. The van der Waals surface area contributed by atoms with E-state index in [1.165, 1.54) is 33.2 Å². The van der Waals surface area contributed by atoms with Crippen LogP contribution in [0.2, 0.25) is 0 Å². The van der Waals surface area contributed by atoms with Gasteiger partial charge in [0.15, 0.2) is 0 Å². The maximum absolute atomic E-state index is 5.10. The summed E-state index contributed by atoms with van der Waals surface area (Å²) in [5.41, 5.74) is 8.73. The Morgan fingerprint density at radius 3 is 2.24 bits per heavy atom. The van der Waals surface area contributed by atoms with E-state index >= 15 is 0 Å². The lowest BCUT2D eigenvalue weighted by Gasteiger charge is -2.24. The van der Waals surface area contributed by atoms with E-state index in [1.807, 2.05) is 0 Å². The molecule has 1 heterocycles. The van der Waals surface area contributed by atoms with Gasteiger partial charge in [-0.15, -0.1) is 0 Å². The first-order valence-corrected chi connectivity index (χ1v) is 8.76. The third-order valence-corrected chi connectivity index (χ3v) is 5.43. The van der Waals surface area contributed by atoms with Gasteiger partial charge in [0.2, 0.25) is 0 Å². The summed E-state index contributed by atoms with van der Waals surface area (Å²) in [5, 5.41) is 1.25. The molecule has 3 aromatic carbocycles. The van der Waals surface area contributed by atoms with E-state index < -0.39 is 0 Å². The predicted octanol–water partition coefficient (Wildman–Crippen LogP) is 6.21. The van der Waals surface area contributed by atoms with Crippen LogP contribution >= 0.6 is 0 Å². The van der Waals surface area contributed by atoms with Gasteiger partial charge in [0.1, 0.15) is 0 Å². The standard InChI is InChI=1S/C24H19N/c1-24(2)19-14-8-6-12-17(19)21-18-13-7-9-15-20(18)25-23(22(21)24)16-10-4-3-5-11-16/h3-15H,1-2H3. The van der Waals surface area contributed by atoms with Crippen molar-refractivity contribution < 1.29 is 0 Å². The highest BCUT2D eigenvalue weighted by atomic mass is 14.7. The van der Waals surface area contributed by atoms with Crippen molar-refractivity contribution in [1.82, 2.24) is 4.98 Å². The molecule has 1 nitrogen and oxygen atoms in total. The van der Waals surface area contributed by atoms with Gasteiger partial charge < -0.3 is 0 Å². The van der Waals surface area contributed by atoms with Gasteiger partial charge in [-0.1, -0.05) is 86.6 Å². The lowest BCUT2D eigenvalue weighted by Crippen LogP contribution is -2.17. The minimum atomic E-state index is -0.0614. The van der Waals surface area contributed by atoms with Crippen LogP contribution in [0.5, 0.6) is 0 Å². The van der Waals surface area contributed by atoms with Crippen LogP contribution in [0.4, 0.5) is 0 Å². The molecule has 1 heteroatoms. The van der Waals surface area contributed by atoms with Crippen molar-refractivity contribution >= 4 is 10.9 Å². The molecule has 0 amide bonds. The molecule has 0 atom stereocenters. The second-order valence-electron chi connectivity index (χ2n) is 7.26. The molecule has 4 aromatic rings. The number of hydrogen-bond acceptors (Lipinski definition) is 1. The van der Waals surface area contributed by atoms with Crippen molar-refractivity contribution in [1.29, 1.82) is 0 Å². The van der Waals surface area contributed by atoms with E-state index in [1.54, 1.807) is 0 Å². The van der Waals surface area contributed by atoms with Crippen LogP contribution in [0, 0.1) is 0 Å². The molecule has 0 saturated carbocycles. The smallest absolute Gasteiger partial charge is 0.0756 e. The van der Waals surface area contributed by atoms with Crippen molar-refractivity contribution in [2.45, 2.75) is 19.3 Å². The van der Waals surface area contributed by atoms with Gasteiger partial charge in [0, 0.05) is 16.4 Å². The molecule has 0 spiro atoms. The van der Waals surface area contributed by atoms with E-state index in [9.17, 15) is 0 Å². The number of pyridine rings is 1. The Balaban J connectivity index is 2.00. The van der Waals surface area contributed by atoms with Crippen molar-refractivity contribution in [3.8, 4) is 22.4 Å². The molecule has 1 aliphatic rings. The molecule has 0 N–H and O–H groups in total. The fraction of sp³-hybridized carbons (Fsp3) is 0.125. The molecule has 1 aromatic heterocycles. The molecule has 25 heavy (non-hydrogen) atoms. The number of benzene rings is 3. The minimum Gasteiger partial charge on any atom is -0.247 e. The van der Waals surface area contributed by atoms with E-state index in [0.717, 1.165) is 11.2 Å². The van der Waals surface area contributed by atoms with E-state index in [4.69, 9.17) is 4.98 Å². The molecule has 0 fully saturated rings. The number of hydrogen-bond donors (Lipinski definition) is 0. The van der Waals surface area contributed by atoms with Crippen LogP contribution in [-0.4, -0.2) is 4.98 Å². The fourth-order valence-electron chi connectivity index (χ4n) is 4.29. The Hall–Kier alpha value is -2.93. The highest BCUT2D eigenvalue weighted by molar-refractivity contribution is 6.03. The summed E-state index contributed by atoms with van der Waals surface area (Å²) in [4.78, 5) is 5.10. The maximum Gasteiger partial charge on any atom is 0.0756 e. The first-order valence-electron chi connectivity index (χ1n) is 8.76. The molecule has 0 aliphatic heterocycles. The van der Waals surface area contributed by atoms with Crippen molar-refractivity contribution in [2.75, 3.05) is 0 Å². The Morgan fingerprint density at radius 1 is 0.720 bits per heavy atom. The second kappa shape index (κ2) is 5.03. The zero-order valence-electron chi connectivity index (χ0n) is 14.5. The molecular weight excluding hydrogens is 302 g/mol. The van der Waals surface area contributed by atoms with Crippen molar-refractivity contribution in [2.24, 2.45) is 0 Å². The zero-order chi connectivity index (χ0) is 17.0. The highest BCUT2D eigenvalue weighted by Crippen LogP contribution is 2.53. The first-order chi connectivity index (χ1) is 12.2. The normalized spacial score (nSPS) is 14.3. The van der Waals surface area contributed by atoms with Gasteiger partial charge in [0.05, 0.1) is 11.2 Å². The van der Waals surface area contributed by atoms with Crippen LogP contribution < -0.4 is 0 Å². The third-order valence-electron chi connectivity index (χ3n) is 5.43. The number of aromatic nitrogens is 1. The molecule has 1 aliphatic carbocycles. The van der Waals surface area contributed by atoms with Gasteiger partial charge in [0.25, 0.3) is 0 Å². The quantitative estimate of drug-likeness (QED) is 0.406. The van der Waals surface area contributed by atoms with Gasteiger partial charge >= 0.3 is 0 Å². The number of nitrogens with zero attached hydrogens (tertiary/aromatic N) is 1. The van der Waals surface area contributed by atoms with Crippen LogP contribution in [-0.2, 0) is 5.41 Å². The fourth-order valence-corrected chi connectivity index (χ4v) is 4.29. The summed E-state index contributed by atoms with van der Waals surface area (Å²) in [5.74, 6) is 0. The Bertz CT molecular complexity index is 1110. The Kier molecular flexibility index (Phi) is 2.90. The van der Waals surface area contributed by atoms with E-state index in [-0.39, 0.29) is 5.41 Å². The average Bonchev–Trinajstić information content (AvgIpc) is 2.90. The monoisotopic (exact) mass is 321 g/mol. The predicted molar refractivity (Wildman–Crippen MR) is 105 cm³/mol. The number of fused-ring (bicyclic) bond motifs is 5. The molecule has 0 saturated heterocycles. The van der Waals surface area contributed by atoms with Crippen molar-refractivity contribution in [3.05, 3.63) is 90.0 Å². The van der Waals surface area contributed by atoms with Crippen molar-refractivity contribution in [3.63, 3.8) is 0 Å².